The Bertz CT molecular complexity index is 710. The number of methoxy groups -OCH3 is 1. The Hall–Kier alpha value is -2.41. The fourth-order valence-electron chi connectivity index (χ4n) is 3.68. The van der Waals surface area contributed by atoms with Crippen molar-refractivity contribution < 1.29 is 19.1 Å². The summed E-state index contributed by atoms with van der Waals surface area (Å²) in [5.74, 6) is -0.355. The summed E-state index contributed by atoms with van der Waals surface area (Å²) < 4.78 is 5.03. The Kier molecular flexibility index (Phi) is 9.30. The number of aryl methyl sites for hydroxylation is 1. The van der Waals surface area contributed by atoms with Gasteiger partial charge in [-0.05, 0) is 44.2 Å². The molecule has 166 valence electrons. The molecule has 1 heterocycles. The quantitative estimate of drug-likeness (QED) is 0.603. The number of nitrogens with zero attached hydrogens (tertiary/aromatic N) is 1. The van der Waals surface area contributed by atoms with Gasteiger partial charge in [0, 0.05) is 44.8 Å². The van der Waals surface area contributed by atoms with Crippen molar-refractivity contribution in [3.63, 3.8) is 0 Å². The summed E-state index contributed by atoms with van der Waals surface area (Å²) in [7, 11) is 1.62. The van der Waals surface area contributed by atoms with E-state index in [4.69, 9.17) is 4.74 Å². The number of likely N-dealkylation sites (tertiary alicyclic amines) is 1. The Balaban J connectivity index is 2.05. The van der Waals surface area contributed by atoms with Crippen molar-refractivity contribution in [1.29, 1.82) is 0 Å². The number of hydrogen-bond donors (Lipinski definition) is 2. The summed E-state index contributed by atoms with van der Waals surface area (Å²) >= 11 is 0. The first-order chi connectivity index (χ1) is 14.3. The average Bonchev–Trinajstić information content (AvgIpc) is 2.74. The van der Waals surface area contributed by atoms with Crippen LogP contribution in [-0.4, -0.2) is 62.0 Å². The summed E-state index contributed by atoms with van der Waals surface area (Å²) in [6, 6.07) is 6.66. The number of benzene rings is 1. The molecule has 0 bridgehead atoms. The van der Waals surface area contributed by atoms with Crippen LogP contribution in [0.2, 0.25) is 0 Å². The Morgan fingerprint density at radius 3 is 2.33 bits per heavy atom. The fraction of sp³-hybridized carbons (Fsp3) is 0.609. The van der Waals surface area contributed by atoms with Gasteiger partial charge < -0.3 is 20.3 Å². The molecule has 7 nitrogen and oxygen atoms in total. The zero-order chi connectivity index (χ0) is 22.1. The molecular weight excluding hydrogens is 382 g/mol. The number of carbonyl (C=O) groups is 3. The van der Waals surface area contributed by atoms with Crippen LogP contribution in [0.1, 0.15) is 49.0 Å². The lowest BCUT2D eigenvalue weighted by Gasteiger charge is -2.36. The smallest absolute Gasteiger partial charge is 0.251 e. The van der Waals surface area contributed by atoms with E-state index in [9.17, 15) is 14.4 Å². The molecule has 0 aromatic heterocycles. The van der Waals surface area contributed by atoms with Crippen molar-refractivity contribution >= 4 is 17.7 Å². The molecule has 0 radical (unpaired) electrons. The van der Waals surface area contributed by atoms with E-state index in [-0.39, 0.29) is 29.6 Å². The van der Waals surface area contributed by atoms with Gasteiger partial charge in [0.05, 0.1) is 0 Å². The average molecular weight is 418 g/mol. The minimum Gasteiger partial charge on any atom is -0.385 e. The topological polar surface area (TPSA) is 87.7 Å². The number of piperidine rings is 1. The van der Waals surface area contributed by atoms with Crippen molar-refractivity contribution in [2.75, 3.05) is 33.4 Å². The van der Waals surface area contributed by atoms with E-state index in [1.807, 2.05) is 37.8 Å². The van der Waals surface area contributed by atoms with Gasteiger partial charge >= 0.3 is 0 Å². The highest BCUT2D eigenvalue weighted by atomic mass is 16.5. The first-order valence-electron chi connectivity index (χ1n) is 10.8. The first kappa shape index (κ1) is 23.9. The van der Waals surface area contributed by atoms with Crippen LogP contribution in [0.25, 0.3) is 0 Å². The fourth-order valence-corrected chi connectivity index (χ4v) is 3.68. The maximum atomic E-state index is 12.9. The zero-order valence-electron chi connectivity index (χ0n) is 18.6. The van der Waals surface area contributed by atoms with Gasteiger partial charge in [-0.25, -0.2) is 0 Å². The van der Waals surface area contributed by atoms with Crippen molar-refractivity contribution in [2.45, 2.75) is 46.1 Å². The highest BCUT2D eigenvalue weighted by Gasteiger charge is 2.34. The molecule has 1 unspecified atom stereocenters. The van der Waals surface area contributed by atoms with Crippen LogP contribution < -0.4 is 10.6 Å². The van der Waals surface area contributed by atoms with Gasteiger partial charge in [0.15, 0.2) is 0 Å². The van der Waals surface area contributed by atoms with Crippen LogP contribution in [0.4, 0.5) is 0 Å². The summed E-state index contributed by atoms with van der Waals surface area (Å²) in [6.07, 6.45) is 2.08. The normalized spacial score (nSPS) is 15.7. The van der Waals surface area contributed by atoms with Gasteiger partial charge in [0.2, 0.25) is 11.8 Å². The van der Waals surface area contributed by atoms with Gasteiger partial charge in [-0.3, -0.25) is 14.4 Å². The third kappa shape index (κ3) is 6.83. The lowest BCUT2D eigenvalue weighted by Crippen LogP contribution is -2.54. The van der Waals surface area contributed by atoms with Crippen LogP contribution >= 0.6 is 0 Å². The van der Waals surface area contributed by atoms with Gasteiger partial charge in [-0.15, -0.1) is 0 Å². The van der Waals surface area contributed by atoms with Gasteiger partial charge in [0.25, 0.3) is 5.91 Å². The predicted octanol–water partition coefficient (Wildman–Crippen LogP) is 2.14. The Morgan fingerprint density at radius 1 is 1.13 bits per heavy atom. The second kappa shape index (κ2) is 11.7. The van der Waals surface area contributed by atoms with Crippen molar-refractivity contribution in [1.82, 2.24) is 15.5 Å². The molecule has 1 saturated heterocycles. The molecular formula is C23H35N3O4. The van der Waals surface area contributed by atoms with Gasteiger partial charge in [0.1, 0.15) is 6.04 Å². The van der Waals surface area contributed by atoms with Crippen LogP contribution in [0.5, 0.6) is 0 Å². The zero-order valence-corrected chi connectivity index (χ0v) is 18.6. The maximum absolute atomic E-state index is 12.9. The minimum atomic E-state index is -0.627. The van der Waals surface area contributed by atoms with E-state index in [1.54, 1.807) is 19.2 Å². The van der Waals surface area contributed by atoms with E-state index in [2.05, 4.69) is 10.6 Å². The molecule has 3 amide bonds. The molecule has 0 spiro atoms. The van der Waals surface area contributed by atoms with Crippen LogP contribution in [0.3, 0.4) is 0 Å². The number of rotatable bonds is 9. The van der Waals surface area contributed by atoms with E-state index in [1.165, 1.54) is 0 Å². The molecule has 1 aromatic rings. The molecule has 7 heteroatoms. The number of nitrogens with one attached hydrogen (secondary N) is 2. The molecule has 2 N–H and O–H groups in total. The predicted molar refractivity (Wildman–Crippen MR) is 116 cm³/mol. The molecule has 1 atom stereocenters. The molecule has 1 aliphatic rings. The van der Waals surface area contributed by atoms with E-state index >= 15 is 0 Å². The number of hydrogen-bond acceptors (Lipinski definition) is 4. The summed E-state index contributed by atoms with van der Waals surface area (Å²) in [5.41, 5.74) is 1.60. The Morgan fingerprint density at radius 2 is 1.77 bits per heavy atom. The SMILES string of the molecule is COCCCNC(=O)C(NC(=O)c1ccc(C)cc1)C1CCN(C(=O)C(C)C)CC1. The highest BCUT2D eigenvalue weighted by molar-refractivity contribution is 5.97. The summed E-state index contributed by atoms with van der Waals surface area (Å²) in [5, 5.41) is 5.86. The van der Waals surface area contributed by atoms with Crippen molar-refractivity contribution in [3.8, 4) is 0 Å². The molecule has 1 fully saturated rings. The van der Waals surface area contributed by atoms with Crippen molar-refractivity contribution in [3.05, 3.63) is 35.4 Å². The molecule has 0 aliphatic carbocycles. The highest BCUT2D eigenvalue weighted by Crippen LogP contribution is 2.23. The third-order valence-electron chi connectivity index (χ3n) is 5.52. The van der Waals surface area contributed by atoms with E-state index in [0.29, 0.717) is 51.1 Å². The van der Waals surface area contributed by atoms with Crippen LogP contribution in [0, 0.1) is 18.8 Å². The molecule has 30 heavy (non-hydrogen) atoms. The second-order valence-electron chi connectivity index (χ2n) is 8.27. The van der Waals surface area contributed by atoms with Crippen molar-refractivity contribution in [2.24, 2.45) is 11.8 Å². The molecule has 1 aromatic carbocycles. The van der Waals surface area contributed by atoms with E-state index in [0.717, 1.165) is 5.56 Å². The minimum absolute atomic E-state index is 0.0157. The Labute approximate surface area is 179 Å². The number of carbonyl (C=O) groups excluding carboxylic acids is 3. The largest absolute Gasteiger partial charge is 0.385 e. The molecule has 1 aliphatic heterocycles. The lowest BCUT2D eigenvalue weighted by atomic mass is 9.88. The summed E-state index contributed by atoms with van der Waals surface area (Å²) in [4.78, 5) is 39.8. The van der Waals surface area contributed by atoms with Crippen LogP contribution in [-0.2, 0) is 14.3 Å². The maximum Gasteiger partial charge on any atom is 0.251 e. The standard InChI is InChI=1S/C23H35N3O4/c1-16(2)23(29)26-13-10-18(11-14-26)20(22(28)24-12-5-15-30-4)25-21(27)19-8-6-17(3)7-9-19/h6-9,16,18,20H,5,10-15H2,1-4H3,(H,24,28)(H,25,27). The number of ether oxygens (including phenoxy) is 1. The molecule has 0 saturated carbocycles. The monoisotopic (exact) mass is 417 g/mol. The molecule has 2 rings (SSSR count). The van der Waals surface area contributed by atoms with Gasteiger partial charge in [-0.2, -0.15) is 0 Å². The second-order valence-corrected chi connectivity index (χ2v) is 8.27. The third-order valence-corrected chi connectivity index (χ3v) is 5.52. The van der Waals surface area contributed by atoms with Gasteiger partial charge in [-0.1, -0.05) is 31.5 Å². The first-order valence-corrected chi connectivity index (χ1v) is 10.8. The lowest BCUT2D eigenvalue weighted by molar-refractivity contribution is -0.136. The number of amides is 3. The van der Waals surface area contributed by atoms with E-state index < -0.39 is 6.04 Å². The van der Waals surface area contributed by atoms with Crippen LogP contribution in [0.15, 0.2) is 24.3 Å². The summed E-state index contributed by atoms with van der Waals surface area (Å²) in [6.45, 7) is 8.03.